The van der Waals surface area contributed by atoms with Crippen LogP contribution in [0.1, 0.15) is 10.4 Å². The van der Waals surface area contributed by atoms with Gasteiger partial charge in [0.05, 0.1) is 5.56 Å². The third kappa shape index (κ3) is 1.80. The highest BCUT2D eigenvalue weighted by molar-refractivity contribution is 5.81. The molecule has 2 aromatic heterocycles. The summed E-state index contributed by atoms with van der Waals surface area (Å²) in [4.78, 5) is 22.6. The Bertz CT molecular complexity index is 484. The van der Waals surface area contributed by atoms with E-state index in [1.54, 1.807) is 18.3 Å². The molecule has 5 nitrogen and oxygen atoms in total. The van der Waals surface area contributed by atoms with Crippen LogP contribution in [0.15, 0.2) is 30.6 Å². The Kier molecular flexibility index (Phi) is 2.37. The summed E-state index contributed by atoms with van der Waals surface area (Å²) in [6.07, 6.45) is 3.65. The van der Waals surface area contributed by atoms with Crippen LogP contribution in [0.2, 0.25) is 0 Å². The molecule has 74 valence electrons. The minimum absolute atomic E-state index is 0.167. The zero-order valence-electron chi connectivity index (χ0n) is 7.79. The fourth-order valence-corrected chi connectivity index (χ4v) is 1.11. The van der Waals surface area contributed by atoms with Crippen LogP contribution in [0, 0.1) is 0 Å². The molecule has 0 aromatic carbocycles. The van der Waals surface area contributed by atoms with E-state index in [1.165, 1.54) is 6.20 Å². The average Bonchev–Trinajstić information content (AvgIpc) is 2.30. The topological polar surface area (TPSA) is 81.8 Å². The summed E-state index contributed by atoms with van der Waals surface area (Å²) in [5, 5.41) is 0. The molecule has 0 radical (unpaired) electrons. The molecule has 15 heavy (non-hydrogen) atoms. The number of rotatable bonds is 2. The maximum Gasteiger partial charge on any atom is 0.180 e. The van der Waals surface area contributed by atoms with Crippen LogP contribution in [-0.4, -0.2) is 21.2 Å². The normalized spacial score (nSPS) is 9.87. The van der Waals surface area contributed by atoms with Crippen LogP contribution in [0.3, 0.4) is 0 Å². The van der Waals surface area contributed by atoms with Crippen LogP contribution in [-0.2, 0) is 0 Å². The minimum Gasteiger partial charge on any atom is -0.383 e. The summed E-state index contributed by atoms with van der Waals surface area (Å²) in [7, 11) is 0. The highest BCUT2D eigenvalue weighted by atomic mass is 16.1. The fraction of sp³-hybridized carbons (Fsp3) is 0. The van der Waals surface area contributed by atoms with E-state index in [9.17, 15) is 4.79 Å². The molecule has 0 aliphatic carbocycles. The van der Waals surface area contributed by atoms with Crippen molar-refractivity contribution in [3.05, 3.63) is 36.2 Å². The Balaban J connectivity index is 2.47. The molecular formula is C10H8N4O. The van der Waals surface area contributed by atoms with E-state index in [0.717, 1.165) is 0 Å². The van der Waals surface area contributed by atoms with Gasteiger partial charge in [0.15, 0.2) is 12.1 Å². The lowest BCUT2D eigenvalue weighted by molar-refractivity contribution is 0.112. The van der Waals surface area contributed by atoms with Gasteiger partial charge in [-0.25, -0.2) is 9.97 Å². The van der Waals surface area contributed by atoms with Gasteiger partial charge in [0.1, 0.15) is 11.5 Å². The van der Waals surface area contributed by atoms with Crippen molar-refractivity contribution >= 4 is 12.1 Å². The third-order valence-electron chi connectivity index (χ3n) is 1.87. The number of aromatic nitrogens is 3. The summed E-state index contributed by atoms with van der Waals surface area (Å²) >= 11 is 0. The van der Waals surface area contributed by atoms with E-state index < -0.39 is 0 Å². The molecule has 0 amide bonds. The Labute approximate surface area is 86.0 Å². The average molecular weight is 200 g/mol. The molecule has 0 saturated heterocycles. The molecule has 0 unspecified atom stereocenters. The Hall–Kier alpha value is -2.30. The molecule has 0 aliphatic rings. The Morgan fingerprint density at radius 3 is 2.73 bits per heavy atom. The van der Waals surface area contributed by atoms with E-state index in [4.69, 9.17) is 5.73 Å². The molecule has 0 saturated carbocycles. The second-order valence-electron chi connectivity index (χ2n) is 2.87. The van der Waals surface area contributed by atoms with Gasteiger partial charge < -0.3 is 5.73 Å². The van der Waals surface area contributed by atoms with Crippen molar-refractivity contribution in [1.82, 2.24) is 15.0 Å². The summed E-state index contributed by atoms with van der Waals surface area (Å²) < 4.78 is 0. The number of nitrogen functional groups attached to an aromatic ring is 1. The lowest BCUT2D eigenvalue weighted by atomic mass is 10.3. The van der Waals surface area contributed by atoms with E-state index in [0.29, 0.717) is 17.8 Å². The molecule has 2 aromatic rings. The first-order chi connectivity index (χ1) is 7.31. The van der Waals surface area contributed by atoms with E-state index >= 15 is 0 Å². The largest absolute Gasteiger partial charge is 0.383 e. The summed E-state index contributed by atoms with van der Waals surface area (Å²) in [6, 6.07) is 5.40. The summed E-state index contributed by atoms with van der Waals surface area (Å²) in [5.74, 6) is 0.583. The standard InChI is InChI=1S/C10H8N4O/c11-9-7(6-15)5-13-10(14-9)8-3-1-2-4-12-8/h1-6H,(H2,11,13,14). The lowest BCUT2D eigenvalue weighted by Gasteiger charge is -2.01. The quantitative estimate of drug-likeness (QED) is 0.729. The van der Waals surface area contributed by atoms with Crippen molar-refractivity contribution in [3.8, 4) is 11.5 Å². The van der Waals surface area contributed by atoms with Crippen molar-refractivity contribution in [2.75, 3.05) is 5.73 Å². The number of aldehydes is 1. The van der Waals surface area contributed by atoms with Gasteiger partial charge in [0.2, 0.25) is 0 Å². The molecule has 0 bridgehead atoms. The molecule has 2 rings (SSSR count). The van der Waals surface area contributed by atoms with Crippen molar-refractivity contribution in [3.63, 3.8) is 0 Å². The molecule has 0 atom stereocenters. The van der Waals surface area contributed by atoms with Crippen LogP contribution in [0.25, 0.3) is 11.5 Å². The predicted octanol–water partition coefficient (Wildman–Crippen LogP) is 0.933. The first-order valence-electron chi connectivity index (χ1n) is 4.30. The van der Waals surface area contributed by atoms with E-state index in [1.807, 2.05) is 6.07 Å². The SMILES string of the molecule is Nc1nc(-c2ccccn2)ncc1C=O. The van der Waals surface area contributed by atoms with Crippen molar-refractivity contribution in [2.45, 2.75) is 0 Å². The van der Waals surface area contributed by atoms with E-state index in [-0.39, 0.29) is 11.4 Å². The number of hydrogen-bond acceptors (Lipinski definition) is 5. The number of pyridine rings is 1. The van der Waals surface area contributed by atoms with Crippen LogP contribution < -0.4 is 5.73 Å². The van der Waals surface area contributed by atoms with E-state index in [2.05, 4.69) is 15.0 Å². The molecule has 0 spiro atoms. The summed E-state index contributed by atoms with van der Waals surface area (Å²) in [5.41, 5.74) is 6.47. The minimum atomic E-state index is 0.167. The van der Waals surface area contributed by atoms with Crippen LogP contribution in [0.5, 0.6) is 0 Å². The van der Waals surface area contributed by atoms with Gasteiger partial charge in [-0.2, -0.15) is 0 Å². The highest BCUT2D eigenvalue weighted by Gasteiger charge is 2.05. The first-order valence-corrected chi connectivity index (χ1v) is 4.30. The molecular weight excluding hydrogens is 192 g/mol. The number of carbonyl (C=O) groups excluding carboxylic acids is 1. The maximum absolute atomic E-state index is 10.5. The first kappa shape index (κ1) is 9.26. The van der Waals surface area contributed by atoms with Crippen molar-refractivity contribution < 1.29 is 4.79 Å². The zero-order valence-corrected chi connectivity index (χ0v) is 7.79. The molecule has 5 heteroatoms. The van der Waals surface area contributed by atoms with Crippen LogP contribution in [0.4, 0.5) is 5.82 Å². The lowest BCUT2D eigenvalue weighted by Crippen LogP contribution is -2.01. The van der Waals surface area contributed by atoms with Gasteiger partial charge in [-0.05, 0) is 12.1 Å². The van der Waals surface area contributed by atoms with Crippen molar-refractivity contribution in [1.29, 1.82) is 0 Å². The zero-order chi connectivity index (χ0) is 10.7. The van der Waals surface area contributed by atoms with Gasteiger partial charge in [-0.15, -0.1) is 0 Å². The second kappa shape index (κ2) is 3.83. The Morgan fingerprint density at radius 2 is 2.13 bits per heavy atom. The highest BCUT2D eigenvalue weighted by Crippen LogP contribution is 2.13. The van der Waals surface area contributed by atoms with Gasteiger partial charge in [-0.1, -0.05) is 6.07 Å². The molecule has 2 N–H and O–H groups in total. The monoisotopic (exact) mass is 200 g/mol. The predicted molar refractivity (Wildman–Crippen MR) is 55.1 cm³/mol. The number of hydrogen-bond donors (Lipinski definition) is 1. The Morgan fingerprint density at radius 1 is 1.27 bits per heavy atom. The smallest absolute Gasteiger partial charge is 0.180 e. The molecule has 0 fully saturated rings. The maximum atomic E-state index is 10.5. The van der Waals surface area contributed by atoms with Gasteiger partial charge >= 0.3 is 0 Å². The number of anilines is 1. The van der Waals surface area contributed by atoms with Gasteiger partial charge in [-0.3, -0.25) is 9.78 Å². The number of nitrogens with zero attached hydrogens (tertiary/aromatic N) is 3. The number of carbonyl (C=O) groups is 1. The van der Waals surface area contributed by atoms with Gasteiger partial charge in [0, 0.05) is 12.4 Å². The molecule has 0 aliphatic heterocycles. The number of nitrogens with two attached hydrogens (primary N) is 1. The fourth-order valence-electron chi connectivity index (χ4n) is 1.11. The third-order valence-corrected chi connectivity index (χ3v) is 1.87. The second-order valence-corrected chi connectivity index (χ2v) is 2.87. The molecule has 2 heterocycles. The van der Waals surface area contributed by atoms with Gasteiger partial charge in [0.25, 0.3) is 0 Å². The van der Waals surface area contributed by atoms with Crippen LogP contribution >= 0.6 is 0 Å². The summed E-state index contributed by atoms with van der Waals surface area (Å²) in [6.45, 7) is 0. The van der Waals surface area contributed by atoms with Crippen molar-refractivity contribution in [2.24, 2.45) is 0 Å².